The van der Waals surface area contributed by atoms with E-state index >= 15 is 0 Å². The molecule has 1 atom stereocenters. The lowest BCUT2D eigenvalue weighted by Gasteiger charge is -2.17. The van der Waals surface area contributed by atoms with Gasteiger partial charge in [0.2, 0.25) is 0 Å². The van der Waals surface area contributed by atoms with E-state index in [2.05, 4.69) is 5.32 Å². The van der Waals surface area contributed by atoms with Crippen LogP contribution in [0.5, 0.6) is 5.75 Å². The molecule has 0 aromatic heterocycles. The highest BCUT2D eigenvalue weighted by Gasteiger charge is 2.27. The molecule has 0 radical (unpaired) electrons. The highest BCUT2D eigenvalue weighted by atomic mass is 16.5. The Morgan fingerprint density at radius 3 is 2.57 bits per heavy atom. The van der Waals surface area contributed by atoms with Crippen LogP contribution in [-0.2, 0) is 14.3 Å². The van der Waals surface area contributed by atoms with Gasteiger partial charge in [-0.15, -0.1) is 0 Å². The van der Waals surface area contributed by atoms with Crippen molar-refractivity contribution in [1.29, 1.82) is 0 Å². The fraction of sp³-hybridized carbons (Fsp3) is 0.500. The van der Waals surface area contributed by atoms with Crippen molar-refractivity contribution in [2.45, 2.75) is 38.7 Å². The van der Waals surface area contributed by atoms with E-state index in [1.807, 2.05) is 6.07 Å². The summed E-state index contributed by atoms with van der Waals surface area (Å²) < 4.78 is 10.4. The maximum Gasteiger partial charge on any atom is 0.309 e. The first kappa shape index (κ1) is 15.4. The zero-order valence-corrected chi connectivity index (χ0v) is 12.4. The average Bonchev–Trinajstić information content (AvgIpc) is 3.02. The number of carbonyl (C=O) groups excluding carboxylic acids is 2. The van der Waals surface area contributed by atoms with Gasteiger partial charge in [-0.25, -0.2) is 0 Å². The minimum Gasteiger partial charge on any atom is -0.495 e. The summed E-state index contributed by atoms with van der Waals surface area (Å²) in [6.45, 7) is 1.58. The second-order valence-electron chi connectivity index (χ2n) is 5.25. The zero-order valence-electron chi connectivity index (χ0n) is 12.4. The SMILES string of the molecule is COc1ccccc1NC(=O)C(C)OC(=O)C1CCCC1. The van der Waals surface area contributed by atoms with Gasteiger partial charge in [0.05, 0.1) is 18.7 Å². The topological polar surface area (TPSA) is 64.6 Å². The first-order chi connectivity index (χ1) is 10.1. The summed E-state index contributed by atoms with van der Waals surface area (Å²) in [4.78, 5) is 24.0. The minimum atomic E-state index is -0.817. The van der Waals surface area contributed by atoms with Gasteiger partial charge in [-0.3, -0.25) is 9.59 Å². The number of para-hydroxylation sites is 2. The number of hydrogen-bond donors (Lipinski definition) is 1. The molecule has 21 heavy (non-hydrogen) atoms. The molecule has 0 spiro atoms. The number of amides is 1. The van der Waals surface area contributed by atoms with Gasteiger partial charge in [0.1, 0.15) is 5.75 Å². The van der Waals surface area contributed by atoms with Gasteiger partial charge in [-0.2, -0.15) is 0 Å². The molecule has 0 bridgehead atoms. The third kappa shape index (κ3) is 3.97. The van der Waals surface area contributed by atoms with Gasteiger partial charge in [0, 0.05) is 0 Å². The van der Waals surface area contributed by atoms with Gasteiger partial charge in [-0.1, -0.05) is 25.0 Å². The summed E-state index contributed by atoms with van der Waals surface area (Å²) in [5.41, 5.74) is 0.564. The Morgan fingerprint density at radius 2 is 1.90 bits per heavy atom. The van der Waals surface area contributed by atoms with Gasteiger partial charge >= 0.3 is 5.97 Å². The van der Waals surface area contributed by atoms with Crippen LogP contribution < -0.4 is 10.1 Å². The fourth-order valence-electron chi connectivity index (χ4n) is 2.47. The molecule has 114 valence electrons. The van der Waals surface area contributed by atoms with E-state index in [1.54, 1.807) is 25.1 Å². The zero-order chi connectivity index (χ0) is 15.2. The molecule has 2 rings (SSSR count). The van der Waals surface area contributed by atoms with Crippen LogP contribution in [0.25, 0.3) is 0 Å². The lowest BCUT2D eigenvalue weighted by molar-refractivity contribution is -0.157. The van der Waals surface area contributed by atoms with Gasteiger partial charge in [-0.05, 0) is 31.9 Å². The maximum atomic E-state index is 12.1. The van der Waals surface area contributed by atoms with Crippen LogP contribution >= 0.6 is 0 Å². The van der Waals surface area contributed by atoms with E-state index in [4.69, 9.17) is 9.47 Å². The van der Waals surface area contributed by atoms with Gasteiger partial charge < -0.3 is 14.8 Å². The summed E-state index contributed by atoms with van der Waals surface area (Å²) in [6, 6.07) is 7.11. The van der Waals surface area contributed by atoms with E-state index < -0.39 is 6.10 Å². The number of nitrogens with one attached hydrogen (secondary N) is 1. The van der Waals surface area contributed by atoms with Crippen molar-refractivity contribution in [2.75, 3.05) is 12.4 Å². The Bertz CT molecular complexity index is 509. The molecule has 1 aliphatic rings. The first-order valence-corrected chi connectivity index (χ1v) is 7.26. The molecular weight excluding hydrogens is 270 g/mol. The predicted molar refractivity (Wildman–Crippen MR) is 79.1 cm³/mol. The summed E-state index contributed by atoms with van der Waals surface area (Å²) in [5, 5.41) is 2.72. The van der Waals surface area contributed by atoms with Crippen LogP contribution in [-0.4, -0.2) is 25.1 Å². The number of ether oxygens (including phenoxy) is 2. The third-order valence-electron chi connectivity index (χ3n) is 3.72. The number of carbonyl (C=O) groups is 2. The van der Waals surface area contributed by atoms with Crippen LogP contribution in [0, 0.1) is 5.92 Å². The van der Waals surface area contributed by atoms with Crippen molar-refractivity contribution in [3.8, 4) is 5.75 Å². The Hall–Kier alpha value is -2.04. The van der Waals surface area contributed by atoms with Crippen LogP contribution in [0.15, 0.2) is 24.3 Å². The average molecular weight is 291 g/mol. The molecule has 1 amide bonds. The molecule has 1 unspecified atom stereocenters. The monoisotopic (exact) mass is 291 g/mol. The number of rotatable bonds is 5. The molecule has 1 saturated carbocycles. The lowest BCUT2D eigenvalue weighted by atomic mass is 10.1. The minimum absolute atomic E-state index is 0.0495. The highest BCUT2D eigenvalue weighted by Crippen LogP contribution is 2.26. The van der Waals surface area contributed by atoms with Crippen molar-refractivity contribution >= 4 is 17.6 Å². The molecule has 0 aliphatic heterocycles. The largest absolute Gasteiger partial charge is 0.495 e. The maximum absolute atomic E-state index is 12.1. The normalized spacial score (nSPS) is 16.3. The molecule has 1 aromatic carbocycles. The second-order valence-corrected chi connectivity index (χ2v) is 5.25. The Kier molecular flexibility index (Phi) is 5.20. The molecule has 1 aromatic rings. The fourth-order valence-corrected chi connectivity index (χ4v) is 2.47. The molecule has 0 heterocycles. The molecule has 5 nitrogen and oxygen atoms in total. The van der Waals surface area contributed by atoms with E-state index in [9.17, 15) is 9.59 Å². The summed E-state index contributed by atoms with van der Waals surface area (Å²) in [6.07, 6.45) is 3.02. The smallest absolute Gasteiger partial charge is 0.309 e. The summed E-state index contributed by atoms with van der Waals surface area (Å²) in [5.74, 6) is -0.104. The number of benzene rings is 1. The van der Waals surface area contributed by atoms with Crippen LogP contribution in [0.2, 0.25) is 0 Å². The van der Waals surface area contributed by atoms with Crippen LogP contribution in [0.4, 0.5) is 5.69 Å². The second kappa shape index (κ2) is 7.11. The predicted octanol–water partition coefficient (Wildman–Crippen LogP) is 2.76. The Balaban J connectivity index is 1.91. The van der Waals surface area contributed by atoms with E-state index in [0.29, 0.717) is 11.4 Å². The number of anilines is 1. The van der Waals surface area contributed by atoms with E-state index in [0.717, 1.165) is 25.7 Å². The number of hydrogen-bond acceptors (Lipinski definition) is 4. The quantitative estimate of drug-likeness (QED) is 0.847. The highest BCUT2D eigenvalue weighted by molar-refractivity contribution is 5.96. The number of esters is 1. The van der Waals surface area contributed by atoms with E-state index in [-0.39, 0.29) is 17.8 Å². The molecule has 1 aliphatic carbocycles. The van der Waals surface area contributed by atoms with Crippen LogP contribution in [0.3, 0.4) is 0 Å². The van der Waals surface area contributed by atoms with Gasteiger partial charge in [0.15, 0.2) is 6.10 Å². The Morgan fingerprint density at radius 1 is 1.24 bits per heavy atom. The van der Waals surface area contributed by atoms with Crippen molar-refractivity contribution in [3.05, 3.63) is 24.3 Å². The van der Waals surface area contributed by atoms with Crippen molar-refractivity contribution in [3.63, 3.8) is 0 Å². The lowest BCUT2D eigenvalue weighted by Crippen LogP contribution is -2.31. The van der Waals surface area contributed by atoms with Gasteiger partial charge in [0.25, 0.3) is 5.91 Å². The standard InChI is InChI=1S/C16H21NO4/c1-11(21-16(19)12-7-3-4-8-12)15(18)17-13-9-5-6-10-14(13)20-2/h5-6,9-12H,3-4,7-8H2,1-2H3,(H,17,18). The van der Waals surface area contributed by atoms with E-state index in [1.165, 1.54) is 7.11 Å². The first-order valence-electron chi connectivity index (χ1n) is 7.26. The third-order valence-corrected chi connectivity index (χ3v) is 3.72. The van der Waals surface area contributed by atoms with Crippen molar-refractivity contribution < 1.29 is 19.1 Å². The molecule has 5 heteroatoms. The molecule has 1 fully saturated rings. The molecule has 1 N–H and O–H groups in total. The summed E-state index contributed by atoms with van der Waals surface area (Å²) >= 11 is 0. The molecular formula is C16H21NO4. The summed E-state index contributed by atoms with van der Waals surface area (Å²) in [7, 11) is 1.54. The van der Waals surface area contributed by atoms with Crippen molar-refractivity contribution in [1.82, 2.24) is 0 Å². The van der Waals surface area contributed by atoms with Crippen molar-refractivity contribution in [2.24, 2.45) is 5.92 Å². The Labute approximate surface area is 124 Å². The van der Waals surface area contributed by atoms with Crippen LogP contribution in [0.1, 0.15) is 32.6 Å². The number of methoxy groups -OCH3 is 1. The molecule has 0 saturated heterocycles.